The zero-order valence-corrected chi connectivity index (χ0v) is 13.2. The number of rotatable bonds is 2. The maximum Gasteiger partial charge on any atom is 0.257 e. The van der Waals surface area contributed by atoms with Crippen molar-refractivity contribution in [2.75, 3.05) is 31.1 Å². The minimum atomic E-state index is 0.0378. The minimum absolute atomic E-state index is 0.0378. The van der Waals surface area contributed by atoms with Crippen LogP contribution in [-0.4, -0.2) is 51.8 Å². The van der Waals surface area contributed by atoms with Crippen molar-refractivity contribution in [3.8, 4) is 0 Å². The van der Waals surface area contributed by atoms with E-state index in [2.05, 4.69) is 15.0 Å². The van der Waals surface area contributed by atoms with Gasteiger partial charge in [0.25, 0.3) is 5.91 Å². The molecule has 2 aromatic rings. The molecular formula is C15H18ClN5O. The highest BCUT2D eigenvalue weighted by Crippen LogP contribution is 2.25. The van der Waals surface area contributed by atoms with Crippen LogP contribution >= 0.6 is 11.6 Å². The molecule has 2 aromatic heterocycles. The van der Waals surface area contributed by atoms with Gasteiger partial charge in [-0.1, -0.05) is 11.6 Å². The Labute approximate surface area is 134 Å². The van der Waals surface area contributed by atoms with Gasteiger partial charge in [-0.05, 0) is 12.5 Å². The number of pyridine rings is 1. The summed E-state index contributed by atoms with van der Waals surface area (Å²) in [4.78, 5) is 20.6. The van der Waals surface area contributed by atoms with Gasteiger partial charge in [-0.25, -0.2) is 0 Å². The zero-order valence-electron chi connectivity index (χ0n) is 12.4. The summed E-state index contributed by atoms with van der Waals surface area (Å²) in [5.74, 6) is 0.0378. The number of aromatic nitrogens is 3. The number of hydrogen-bond donors (Lipinski definition) is 0. The van der Waals surface area contributed by atoms with Crippen molar-refractivity contribution in [2.24, 2.45) is 7.05 Å². The second-order valence-electron chi connectivity index (χ2n) is 5.36. The van der Waals surface area contributed by atoms with Crippen molar-refractivity contribution in [1.29, 1.82) is 0 Å². The highest BCUT2D eigenvalue weighted by Gasteiger charge is 2.22. The lowest BCUT2D eigenvalue weighted by atomic mass is 10.3. The van der Waals surface area contributed by atoms with E-state index in [-0.39, 0.29) is 5.91 Å². The number of hydrogen-bond acceptors (Lipinski definition) is 4. The molecular weight excluding hydrogens is 302 g/mol. The smallest absolute Gasteiger partial charge is 0.257 e. The molecule has 1 saturated heterocycles. The summed E-state index contributed by atoms with van der Waals surface area (Å²) in [6, 6.07) is 1.92. The summed E-state index contributed by atoms with van der Waals surface area (Å²) < 4.78 is 1.65. The van der Waals surface area contributed by atoms with E-state index in [4.69, 9.17) is 11.6 Å². The Morgan fingerprint density at radius 1 is 1.23 bits per heavy atom. The average Bonchev–Trinajstić information content (AvgIpc) is 2.81. The molecule has 0 N–H and O–H groups in total. The van der Waals surface area contributed by atoms with Crippen LogP contribution in [-0.2, 0) is 7.05 Å². The van der Waals surface area contributed by atoms with E-state index in [9.17, 15) is 4.79 Å². The van der Waals surface area contributed by atoms with Crippen LogP contribution in [0.4, 0.5) is 5.69 Å². The summed E-state index contributed by atoms with van der Waals surface area (Å²) in [7, 11) is 1.81. The van der Waals surface area contributed by atoms with Crippen LogP contribution < -0.4 is 4.90 Å². The first-order chi connectivity index (χ1) is 10.6. The van der Waals surface area contributed by atoms with Crippen molar-refractivity contribution in [3.63, 3.8) is 0 Å². The van der Waals surface area contributed by atoms with Crippen molar-refractivity contribution in [2.45, 2.75) is 6.42 Å². The zero-order chi connectivity index (χ0) is 15.5. The molecule has 1 fully saturated rings. The SMILES string of the molecule is Cn1cc(C(=O)N2CCCN(c3ccncc3Cl)CC2)cn1. The van der Waals surface area contributed by atoms with Crippen LogP contribution in [0.2, 0.25) is 5.02 Å². The van der Waals surface area contributed by atoms with E-state index in [0.717, 1.165) is 31.7 Å². The quantitative estimate of drug-likeness (QED) is 0.847. The van der Waals surface area contributed by atoms with Crippen LogP contribution in [0.5, 0.6) is 0 Å². The first kappa shape index (κ1) is 14.8. The van der Waals surface area contributed by atoms with Gasteiger partial charge in [0.05, 0.1) is 22.5 Å². The largest absolute Gasteiger partial charge is 0.368 e. The van der Waals surface area contributed by atoms with Crippen LogP contribution in [0.1, 0.15) is 16.8 Å². The van der Waals surface area contributed by atoms with Gasteiger partial charge < -0.3 is 9.80 Å². The predicted octanol–water partition coefficient (Wildman–Crippen LogP) is 1.82. The molecule has 1 aliphatic rings. The predicted molar refractivity (Wildman–Crippen MR) is 85.2 cm³/mol. The molecule has 6 nitrogen and oxygen atoms in total. The van der Waals surface area contributed by atoms with Crippen LogP contribution in [0, 0.1) is 0 Å². The van der Waals surface area contributed by atoms with Crippen molar-refractivity contribution >= 4 is 23.2 Å². The highest BCUT2D eigenvalue weighted by molar-refractivity contribution is 6.33. The molecule has 0 radical (unpaired) electrons. The topological polar surface area (TPSA) is 54.3 Å². The maximum absolute atomic E-state index is 12.5. The minimum Gasteiger partial charge on any atom is -0.368 e. The van der Waals surface area contributed by atoms with E-state index in [1.807, 2.05) is 18.0 Å². The average molecular weight is 320 g/mol. The van der Waals surface area contributed by atoms with Gasteiger partial charge in [0.1, 0.15) is 0 Å². The first-order valence-corrected chi connectivity index (χ1v) is 7.65. The number of amides is 1. The van der Waals surface area contributed by atoms with Gasteiger partial charge in [-0.3, -0.25) is 14.5 Å². The monoisotopic (exact) mass is 319 g/mol. The molecule has 0 bridgehead atoms. The number of aryl methyl sites for hydroxylation is 1. The van der Waals surface area contributed by atoms with E-state index in [1.54, 1.807) is 29.5 Å². The summed E-state index contributed by atoms with van der Waals surface area (Å²) >= 11 is 6.21. The molecule has 3 heterocycles. The van der Waals surface area contributed by atoms with Crippen molar-refractivity contribution in [3.05, 3.63) is 41.4 Å². The van der Waals surface area contributed by atoms with Gasteiger partial charge in [0, 0.05) is 51.8 Å². The number of anilines is 1. The summed E-state index contributed by atoms with van der Waals surface area (Å²) in [6.07, 6.45) is 7.67. The summed E-state index contributed by atoms with van der Waals surface area (Å²) in [6.45, 7) is 3.05. The Morgan fingerprint density at radius 2 is 2.09 bits per heavy atom. The van der Waals surface area contributed by atoms with Gasteiger partial charge in [0.15, 0.2) is 0 Å². The number of halogens is 1. The second-order valence-corrected chi connectivity index (χ2v) is 5.77. The Hall–Kier alpha value is -2.08. The highest BCUT2D eigenvalue weighted by atomic mass is 35.5. The van der Waals surface area contributed by atoms with Gasteiger partial charge in [-0.2, -0.15) is 5.10 Å². The Kier molecular flexibility index (Phi) is 4.29. The molecule has 7 heteroatoms. The molecule has 0 unspecified atom stereocenters. The third kappa shape index (κ3) is 3.06. The second kappa shape index (κ2) is 6.36. The standard InChI is InChI=1S/C15H18ClN5O/c1-19-11-12(9-18-19)15(22)21-6-2-5-20(7-8-21)14-3-4-17-10-13(14)16/h3-4,9-11H,2,5-8H2,1H3. The molecule has 1 aliphatic heterocycles. The first-order valence-electron chi connectivity index (χ1n) is 7.27. The number of nitrogens with zero attached hydrogens (tertiary/aromatic N) is 5. The van der Waals surface area contributed by atoms with E-state index in [0.29, 0.717) is 17.1 Å². The van der Waals surface area contributed by atoms with Crippen molar-refractivity contribution in [1.82, 2.24) is 19.7 Å². The van der Waals surface area contributed by atoms with Gasteiger partial charge >= 0.3 is 0 Å². The van der Waals surface area contributed by atoms with Crippen LogP contribution in [0.15, 0.2) is 30.9 Å². The van der Waals surface area contributed by atoms with E-state index >= 15 is 0 Å². The Bertz CT molecular complexity index is 671. The fourth-order valence-electron chi connectivity index (χ4n) is 2.70. The van der Waals surface area contributed by atoms with E-state index in [1.165, 1.54) is 0 Å². The Morgan fingerprint density at radius 3 is 2.82 bits per heavy atom. The molecule has 1 amide bonds. The van der Waals surface area contributed by atoms with Crippen LogP contribution in [0.25, 0.3) is 0 Å². The summed E-state index contributed by atoms with van der Waals surface area (Å²) in [5.41, 5.74) is 1.62. The number of carbonyl (C=O) groups excluding carboxylic acids is 1. The van der Waals surface area contributed by atoms with E-state index < -0.39 is 0 Å². The van der Waals surface area contributed by atoms with Crippen molar-refractivity contribution < 1.29 is 4.79 Å². The lowest BCUT2D eigenvalue weighted by Crippen LogP contribution is -2.35. The molecule has 0 atom stereocenters. The molecule has 116 valence electrons. The lowest BCUT2D eigenvalue weighted by molar-refractivity contribution is 0.0767. The molecule has 0 aromatic carbocycles. The number of carbonyl (C=O) groups is 1. The molecule has 22 heavy (non-hydrogen) atoms. The lowest BCUT2D eigenvalue weighted by Gasteiger charge is -2.24. The fraction of sp³-hybridized carbons (Fsp3) is 0.400. The normalized spacial score (nSPS) is 15.7. The fourth-order valence-corrected chi connectivity index (χ4v) is 2.94. The third-order valence-corrected chi connectivity index (χ3v) is 4.12. The third-order valence-electron chi connectivity index (χ3n) is 3.83. The van der Waals surface area contributed by atoms with Gasteiger partial charge in [-0.15, -0.1) is 0 Å². The van der Waals surface area contributed by atoms with Gasteiger partial charge in [0.2, 0.25) is 0 Å². The Balaban J connectivity index is 1.70. The molecule has 0 spiro atoms. The summed E-state index contributed by atoms with van der Waals surface area (Å²) in [5, 5.41) is 4.71. The van der Waals surface area contributed by atoms with Crippen LogP contribution in [0.3, 0.4) is 0 Å². The molecule has 0 saturated carbocycles. The molecule has 0 aliphatic carbocycles. The maximum atomic E-state index is 12.5. The molecule has 3 rings (SSSR count).